The molecule has 7 nitrogen and oxygen atoms in total. The van der Waals surface area contributed by atoms with Crippen LogP contribution >= 0.6 is 0 Å². The second kappa shape index (κ2) is 8.59. The van der Waals surface area contributed by atoms with Crippen molar-refractivity contribution in [3.8, 4) is 5.75 Å². The number of aromatic nitrogens is 1. The highest BCUT2D eigenvalue weighted by Crippen LogP contribution is 2.28. The lowest BCUT2D eigenvalue weighted by Gasteiger charge is -2.17. The van der Waals surface area contributed by atoms with Crippen LogP contribution in [0.2, 0.25) is 0 Å². The van der Waals surface area contributed by atoms with E-state index in [9.17, 15) is 13.2 Å². The molecule has 1 aromatic carbocycles. The third kappa shape index (κ3) is 4.33. The van der Waals surface area contributed by atoms with Crippen LogP contribution in [0, 0.1) is 13.8 Å². The summed E-state index contributed by atoms with van der Waals surface area (Å²) in [6.07, 6.45) is 1.91. The fourth-order valence-electron chi connectivity index (χ4n) is 3.70. The fraction of sp³-hybridized carbons (Fsp3) is 0.476. The first-order chi connectivity index (χ1) is 13.8. The molecule has 0 bridgehead atoms. The molecule has 1 N–H and O–H groups in total. The molecular weight excluding hydrogens is 390 g/mol. The molecule has 3 rings (SSSR count). The molecule has 1 saturated heterocycles. The van der Waals surface area contributed by atoms with E-state index in [4.69, 9.17) is 4.74 Å². The number of nitrogens with zero attached hydrogens (tertiary/aromatic N) is 2. The van der Waals surface area contributed by atoms with Crippen LogP contribution in [-0.2, 0) is 23.6 Å². The smallest absolute Gasteiger partial charge is 0.257 e. The maximum atomic E-state index is 13.2. The van der Waals surface area contributed by atoms with Crippen molar-refractivity contribution in [1.82, 2.24) is 14.2 Å². The lowest BCUT2D eigenvalue weighted by molar-refractivity contribution is 0.0788. The van der Waals surface area contributed by atoms with Crippen LogP contribution in [-0.4, -0.2) is 43.5 Å². The van der Waals surface area contributed by atoms with Crippen LogP contribution in [0.4, 0.5) is 0 Å². The van der Waals surface area contributed by atoms with Gasteiger partial charge in [-0.1, -0.05) is 12.1 Å². The first-order valence-corrected chi connectivity index (χ1v) is 11.4. The Kier molecular flexibility index (Phi) is 6.33. The Morgan fingerprint density at radius 1 is 1.10 bits per heavy atom. The van der Waals surface area contributed by atoms with Crippen molar-refractivity contribution in [3.05, 3.63) is 46.8 Å². The summed E-state index contributed by atoms with van der Waals surface area (Å²) >= 11 is 0. The molecule has 1 amide bonds. The molecule has 1 aromatic heterocycles. The summed E-state index contributed by atoms with van der Waals surface area (Å²) in [7, 11) is -2.08. The number of amides is 1. The maximum Gasteiger partial charge on any atom is 0.257 e. The van der Waals surface area contributed by atoms with Gasteiger partial charge in [-0.2, -0.15) is 0 Å². The number of carbonyl (C=O) groups is 1. The van der Waals surface area contributed by atoms with E-state index in [0.29, 0.717) is 31.1 Å². The van der Waals surface area contributed by atoms with Gasteiger partial charge in [-0.3, -0.25) is 4.79 Å². The highest BCUT2D eigenvalue weighted by molar-refractivity contribution is 7.89. The lowest BCUT2D eigenvalue weighted by Crippen LogP contribution is -2.31. The summed E-state index contributed by atoms with van der Waals surface area (Å²) in [5.41, 5.74) is 2.32. The molecule has 1 aliphatic rings. The largest absolute Gasteiger partial charge is 0.494 e. The van der Waals surface area contributed by atoms with E-state index in [1.54, 1.807) is 30.4 Å². The molecule has 0 unspecified atom stereocenters. The molecule has 0 spiro atoms. The Labute approximate surface area is 172 Å². The maximum absolute atomic E-state index is 13.2. The Bertz CT molecular complexity index is 988. The van der Waals surface area contributed by atoms with Crippen molar-refractivity contribution in [2.45, 2.75) is 45.1 Å². The molecule has 0 radical (unpaired) electrons. The zero-order valence-corrected chi connectivity index (χ0v) is 18.3. The normalized spacial score (nSPS) is 14.4. The number of nitrogens with one attached hydrogen (secondary N) is 1. The van der Waals surface area contributed by atoms with Crippen molar-refractivity contribution < 1.29 is 17.9 Å². The average molecular weight is 420 g/mol. The average Bonchev–Trinajstić information content (AvgIpc) is 3.31. The SMILES string of the molecule is CCOc1ccc(CNS(=O)(=O)c2c(C(=O)N3CCCC3)c(C)n(C)c2C)cc1. The number of rotatable bonds is 7. The van der Waals surface area contributed by atoms with E-state index < -0.39 is 10.0 Å². The van der Waals surface area contributed by atoms with E-state index in [2.05, 4.69) is 4.72 Å². The summed E-state index contributed by atoms with van der Waals surface area (Å²) in [5.74, 6) is 0.539. The van der Waals surface area contributed by atoms with Crippen LogP contribution < -0.4 is 9.46 Å². The molecule has 0 aliphatic carbocycles. The molecule has 29 heavy (non-hydrogen) atoms. The van der Waals surface area contributed by atoms with E-state index in [-0.39, 0.29) is 22.9 Å². The number of hydrogen-bond donors (Lipinski definition) is 1. The predicted molar refractivity (Wildman–Crippen MR) is 112 cm³/mol. The molecule has 2 aromatic rings. The molecule has 2 heterocycles. The second-order valence-corrected chi connectivity index (χ2v) is 9.04. The fourth-order valence-corrected chi connectivity index (χ4v) is 5.23. The Balaban J connectivity index is 1.87. The monoisotopic (exact) mass is 419 g/mol. The highest BCUT2D eigenvalue weighted by Gasteiger charge is 2.33. The Morgan fingerprint density at radius 2 is 1.72 bits per heavy atom. The molecule has 1 aliphatic heterocycles. The number of hydrogen-bond acceptors (Lipinski definition) is 4. The van der Waals surface area contributed by atoms with Gasteiger partial charge in [-0.05, 0) is 51.3 Å². The van der Waals surface area contributed by atoms with Crippen molar-refractivity contribution in [2.75, 3.05) is 19.7 Å². The minimum Gasteiger partial charge on any atom is -0.494 e. The summed E-state index contributed by atoms with van der Waals surface area (Å²) < 4.78 is 36.2. The van der Waals surface area contributed by atoms with E-state index in [1.165, 1.54) is 0 Å². The summed E-state index contributed by atoms with van der Waals surface area (Å²) in [6, 6.07) is 7.28. The Morgan fingerprint density at radius 3 is 2.31 bits per heavy atom. The summed E-state index contributed by atoms with van der Waals surface area (Å²) in [5, 5.41) is 0. The minimum atomic E-state index is -3.87. The zero-order valence-electron chi connectivity index (χ0n) is 17.5. The number of benzene rings is 1. The molecule has 158 valence electrons. The summed E-state index contributed by atoms with van der Waals surface area (Å²) in [6.45, 7) is 7.50. The van der Waals surface area contributed by atoms with Crippen molar-refractivity contribution in [1.29, 1.82) is 0 Å². The number of likely N-dealkylation sites (tertiary alicyclic amines) is 1. The van der Waals surface area contributed by atoms with Gasteiger partial charge in [0.15, 0.2) is 0 Å². The van der Waals surface area contributed by atoms with Gasteiger partial charge in [0, 0.05) is 38.1 Å². The molecule has 0 atom stereocenters. The van der Waals surface area contributed by atoms with E-state index >= 15 is 0 Å². The van der Waals surface area contributed by atoms with Crippen molar-refractivity contribution in [3.63, 3.8) is 0 Å². The lowest BCUT2D eigenvalue weighted by atomic mass is 10.2. The van der Waals surface area contributed by atoms with Gasteiger partial charge in [0.25, 0.3) is 5.91 Å². The molecular formula is C21H29N3O4S. The number of ether oxygens (including phenoxy) is 1. The van der Waals surface area contributed by atoms with Gasteiger partial charge in [-0.25, -0.2) is 13.1 Å². The third-order valence-corrected chi connectivity index (χ3v) is 7.06. The minimum absolute atomic E-state index is 0.0836. The van der Waals surface area contributed by atoms with Crippen LogP contribution in [0.3, 0.4) is 0 Å². The standard InChI is InChI=1S/C21H29N3O4S/c1-5-28-18-10-8-17(9-11-18)14-22-29(26,27)20-16(3)23(4)15(2)19(20)21(25)24-12-6-7-13-24/h8-11,22H,5-7,12-14H2,1-4H3. The topological polar surface area (TPSA) is 80.6 Å². The first-order valence-electron chi connectivity index (χ1n) is 9.92. The van der Waals surface area contributed by atoms with Gasteiger partial charge in [0.2, 0.25) is 10.0 Å². The highest BCUT2D eigenvalue weighted by atomic mass is 32.2. The quantitative estimate of drug-likeness (QED) is 0.748. The van der Waals surface area contributed by atoms with E-state index in [0.717, 1.165) is 24.2 Å². The second-order valence-electron chi connectivity index (χ2n) is 7.33. The molecule has 8 heteroatoms. The number of sulfonamides is 1. The van der Waals surface area contributed by atoms with Crippen LogP contribution in [0.1, 0.15) is 47.1 Å². The molecule has 0 saturated carbocycles. The Hall–Kier alpha value is -2.32. The van der Waals surface area contributed by atoms with E-state index in [1.807, 2.05) is 31.2 Å². The zero-order chi connectivity index (χ0) is 21.2. The first kappa shape index (κ1) is 21.4. The van der Waals surface area contributed by atoms with Crippen LogP contribution in [0.25, 0.3) is 0 Å². The van der Waals surface area contributed by atoms with Gasteiger partial charge in [-0.15, -0.1) is 0 Å². The molecule has 1 fully saturated rings. The van der Waals surface area contributed by atoms with Crippen molar-refractivity contribution >= 4 is 15.9 Å². The van der Waals surface area contributed by atoms with Crippen LogP contribution in [0.15, 0.2) is 29.2 Å². The predicted octanol–water partition coefficient (Wildman–Crippen LogP) is 2.76. The van der Waals surface area contributed by atoms with Crippen LogP contribution in [0.5, 0.6) is 5.75 Å². The van der Waals surface area contributed by atoms with Gasteiger partial charge in [0.1, 0.15) is 10.6 Å². The van der Waals surface area contributed by atoms with Crippen molar-refractivity contribution in [2.24, 2.45) is 7.05 Å². The van der Waals surface area contributed by atoms with Gasteiger partial charge >= 0.3 is 0 Å². The van der Waals surface area contributed by atoms with Gasteiger partial charge in [0.05, 0.1) is 12.2 Å². The number of carbonyl (C=O) groups excluding carboxylic acids is 1. The van der Waals surface area contributed by atoms with Gasteiger partial charge < -0.3 is 14.2 Å². The summed E-state index contributed by atoms with van der Waals surface area (Å²) in [4.78, 5) is 14.9. The third-order valence-electron chi connectivity index (χ3n) is 5.50.